The minimum atomic E-state index is -0.0303. The Balaban J connectivity index is 5.35. The van der Waals surface area contributed by atoms with Crippen LogP contribution in [0.4, 0.5) is 0 Å². The van der Waals surface area contributed by atoms with Crippen molar-refractivity contribution in [2.45, 2.75) is 183 Å². The molecule has 0 aromatic carbocycles. The molecule has 0 bridgehead atoms. The van der Waals surface area contributed by atoms with Gasteiger partial charge in [-0.05, 0) is 38.5 Å². The summed E-state index contributed by atoms with van der Waals surface area (Å²) >= 11 is 0. The molecule has 304 valence electrons. The normalized spacial score (nSPS) is 12.5. The van der Waals surface area contributed by atoms with Crippen LogP contribution in [-0.4, -0.2) is 53.2 Å². The first-order chi connectivity index (χ1) is 25.2. The molecule has 0 aliphatic rings. The van der Waals surface area contributed by atoms with Gasteiger partial charge in [0.1, 0.15) is 26.8 Å². The van der Waals surface area contributed by atoms with E-state index >= 15 is 0 Å². The molecule has 0 aliphatic heterocycles. The first kappa shape index (κ1) is 49.4. The van der Waals surface area contributed by atoms with Gasteiger partial charge in [-0.15, -0.1) is 0 Å². The van der Waals surface area contributed by atoms with Gasteiger partial charge in [0.15, 0.2) is 11.5 Å². The monoisotopic (exact) mass is 735 g/mol. The number of rotatable bonds is 42. The van der Waals surface area contributed by atoms with Crippen LogP contribution in [0.1, 0.15) is 183 Å². The zero-order valence-electron chi connectivity index (χ0n) is 33.7. The standard InChI is InChI=1S/C40H78O11/c1-7-13-19-21-27-37(48-44-29-23-15-9-3)39(50-46-31-25-17-11-5)33-41-35-43-36-42-34-40(51-47-32-26-18-12-6)38(28-22-20-14-8-2)49-45-30-24-16-10-4/h7-36H2,1-6H3. The van der Waals surface area contributed by atoms with E-state index in [0.29, 0.717) is 62.3 Å². The molecule has 0 heterocycles. The maximum atomic E-state index is 5.83. The summed E-state index contributed by atoms with van der Waals surface area (Å²) in [6.45, 7) is 15.1. The highest BCUT2D eigenvalue weighted by molar-refractivity contribution is 5.02. The van der Waals surface area contributed by atoms with Crippen LogP contribution in [0.15, 0.2) is 23.0 Å². The van der Waals surface area contributed by atoms with Gasteiger partial charge in [-0.1, -0.05) is 131 Å². The summed E-state index contributed by atoms with van der Waals surface area (Å²) in [5.74, 6) is 2.07. The van der Waals surface area contributed by atoms with Crippen LogP contribution in [0, 0.1) is 0 Å². The maximum absolute atomic E-state index is 5.83. The highest BCUT2D eigenvalue weighted by Crippen LogP contribution is 2.21. The van der Waals surface area contributed by atoms with Crippen molar-refractivity contribution in [2.75, 3.05) is 53.2 Å². The van der Waals surface area contributed by atoms with E-state index in [2.05, 4.69) is 41.5 Å². The van der Waals surface area contributed by atoms with E-state index in [1.807, 2.05) is 0 Å². The molecule has 0 unspecified atom stereocenters. The van der Waals surface area contributed by atoms with E-state index in [-0.39, 0.29) is 26.8 Å². The average Bonchev–Trinajstić information content (AvgIpc) is 3.14. The van der Waals surface area contributed by atoms with E-state index in [4.69, 9.17) is 53.3 Å². The lowest BCUT2D eigenvalue weighted by molar-refractivity contribution is -0.297. The largest absolute Gasteiger partial charge is 0.347 e. The van der Waals surface area contributed by atoms with Crippen molar-refractivity contribution >= 4 is 0 Å². The molecule has 0 aromatic heterocycles. The lowest BCUT2D eigenvalue weighted by atomic mass is 10.1. The molecule has 11 nitrogen and oxygen atoms in total. The van der Waals surface area contributed by atoms with Crippen LogP contribution in [0.3, 0.4) is 0 Å². The molecule has 0 amide bonds. The Bertz CT molecular complexity index is 714. The molecule has 0 saturated heterocycles. The molecular weight excluding hydrogens is 656 g/mol. The SMILES string of the molecule is CCCCCCC(OOCCCCC)=C(COCOCOCC(OOCCCCC)=C(CCCCCC)OOCCCCC)OOCCCCC. The number of ether oxygens (including phenoxy) is 3. The fourth-order valence-electron chi connectivity index (χ4n) is 4.70. The number of hydrogen-bond donors (Lipinski definition) is 0. The summed E-state index contributed by atoms with van der Waals surface area (Å²) in [5.41, 5.74) is 0. The topological polar surface area (TPSA) is 102 Å². The van der Waals surface area contributed by atoms with E-state index in [1.54, 1.807) is 0 Å². The van der Waals surface area contributed by atoms with Crippen LogP contribution in [0.5, 0.6) is 0 Å². The minimum absolute atomic E-state index is 0.0303. The smallest absolute Gasteiger partial charge is 0.209 e. The summed E-state index contributed by atoms with van der Waals surface area (Å²) in [6.07, 6.45) is 22.4. The molecule has 0 rings (SSSR count). The van der Waals surface area contributed by atoms with Crippen molar-refractivity contribution < 1.29 is 53.3 Å². The average molecular weight is 735 g/mol. The zero-order chi connectivity index (χ0) is 37.3. The van der Waals surface area contributed by atoms with Gasteiger partial charge in [-0.2, -0.15) is 19.6 Å². The van der Waals surface area contributed by atoms with Gasteiger partial charge in [0.05, 0.1) is 26.4 Å². The van der Waals surface area contributed by atoms with Crippen LogP contribution < -0.4 is 0 Å². The van der Waals surface area contributed by atoms with Crippen molar-refractivity contribution in [1.82, 2.24) is 0 Å². The lowest BCUT2D eigenvalue weighted by Crippen LogP contribution is -2.14. The van der Waals surface area contributed by atoms with E-state index in [1.165, 1.54) is 0 Å². The molecule has 0 atom stereocenters. The first-order valence-electron chi connectivity index (χ1n) is 20.5. The summed E-state index contributed by atoms with van der Waals surface area (Å²) in [6, 6.07) is 0. The van der Waals surface area contributed by atoms with Crippen LogP contribution in [-0.2, 0) is 53.3 Å². The van der Waals surface area contributed by atoms with Gasteiger partial charge < -0.3 is 33.8 Å². The highest BCUT2D eigenvalue weighted by atomic mass is 17.2. The number of unbranched alkanes of at least 4 members (excludes halogenated alkanes) is 14. The zero-order valence-corrected chi connectivity index (χ0v) is 33.7. The van der Waals surface area contributed by atoms with Gasteiger partial charge >= 0.3 is 0 Å². The number of allylic oxidation sites excluding steroid dienone is 2. The molecule has 0 spiro atoms. The summed E-state index contributed by atoms with van der Waals surface area (Å²) in [7, 11) is 0. The Kier molecular flexibility index (Phi) is 39.9. The fraction of sp³-hybridized carbons (Fsp3) is 0.900. The Labute approximate surface area is 312 Å². The lowest BCUT2D eigenvalue weighted by Gasteiger charge is -2.16. The molecule has 0 aromatic rings. The predicted molar refractivity (Wildman–Crippen MR) is 201 cm³/mol. The van der Waals surface area contributed by atoms with Crippen molar-refractivity contribution in [3.05, 3.63) is 23.0 Å². The molecule has 51 heavy (non-hydrogen) atoms. The predicted octanol–water partition coefficient (Wildman–Crippen LogP) is 11.9. The van der Waals surface area contributed by atoms with Crippen LogP contribution >= 0.6 is 0 Å². The second-order valence-corrected chi connectivity index (χ2v) is 12.9. The van der Waals surface area contributed by atoms with Crippen LogP contribution in [0.25, 0.3) is 0 Å². The van der Waals surface area contributed by atoms with E-state index in [9.17, 15) is 0 Å². The highest BCUT2D eigenvalue weighted by Gasteiger charge is 2.16. The van der Waals surface area contributed by atoms with Gasteiger partial charge in [-0.3, -0.25) is 0 Å². The molecule has 0 N–H and O–H groups in total. The van der Waals surface area contributed by atoms with Crippen molar-refractivity contribution in [1.29, 1.82) is 0 Å². The third-order valence-corrected chi connectivity index (χ3v) is 7.90. The Hall–Kier alpha value is -1.60. The molecule has 0 aliphatic carbocycles. The maximum Gasteiger partial charge on any atom is 0.209 e. The van der Waals surface area contributed by atoms with Gasteiger partial charge in [-0.25, -0.2) is 0 Å². The Morgan fingerprint density at radius 3 is 0.902 bits per heavy atom. The fourth-order valence-corrected chi connectivity index (χ4v) is 4.70. The van der Waals surface area contributed by atoms with Crippen molar-refractivity contribution in [3.8, 4) is 0 Å². The first-order valence-corrected chi connectivity index (χ1v) is 20.5. The second kappa shape index (κ2) is 41.2. The van der Waals surface area contributed by atoms with Crippen molar-refractivity contribution in [3.63, 3.8) is 0 Å². The van der Waals surface area contributed by atoms with E-state index < -0.39 is 0 Å². The van der Waals surface area contributed by atoms with Gasteiger partial charge in [0, 0.05) is 12.8 Å². The molecule has 0 radical (unpaired) electrons. The van der Waals surface area contributed by atoms with E-state index in [0.717, 1.165) is 128 Å². The molecule has 11 heteroatoms. The van der Waals surface area contributed by atoms with Gasteiger partial charge in [0.25, 0.3) is 0 Å². The van der Waals surface area contributed by atoms with Crippen molar-refractivity contribution in [2.24, 2.45) is 0 Å². The molecule has 0 fully saturated rings. The third-order valence-electron chi connectivity index (χ3n) is 7.90. The Morgan fingerprint density at radius 2 is 0.588 bits per heavy atom. The molecule has 0 saturated carbocycles. The molecular formula is C40H78O11. The number of hydrogen-bond acceptors (Lipinski definition) is 11. The minimum Gasteiger partial charge on any atom is -0.347 e. The Morgan fingerprint density at radius 1 is 0.294 bits per heavy atom. The second-order valence-electron chi connectivity index (χ2n) is 12.9. The van der Waals surface area contributed by atoms with Gasteiger partial charge in [0.2, 0.25) is 11.5 Å². The van der Waals surface area contributed by atoms with Crippen LogP contribution in [0.2, 0.25) is 0 Å². The summed E-state index contributed by atoms with van der Waals surface area (Å²) < 4.78 is 17.3. The third kappa shape index (κ3) is 32.8. The summed E-state index contributed by atoms with van der Waals surface area (Å²) in [4.78, 5) is 45.2. The summed E-state index contributed by atoms with van der Waals surface area (Å²) in [5, 5.41) is 0. The quantitative estimate of drug-likeness (QED) is 0.0197.